The van der Waals surface area contributed by atoms with E-state index >= 15 is 0 Å². The molecule has 0 aliphatic carbocycles. The van der Waals surface area contributed by atoms with Crippen LogP contribution in [0.2, 0.25) is 0 Å². The van der Waals surface area contributed by atoms with Crippen molar-refractivity contribution in [2.24, 2.45) is 0 Å². The number of pyridine rings is 1. The van der Waals surface area contributed by atoms with Crippen LogP contribution in [0.1, 0.15) is 50.7 Å². The van der Waals surface area contributed by atoms with Crippen LogP contribution >= 0.6 is 0 Å². The average molecular weight is 315 g/mol. The van der Waals surface area contributed by atoms with Gasteiger partial charge in [-0.25, -0.2) is 0 Å². The van der Waals surface area contributed by atoms with Gasteiger partial charge in [0.2, 0.25) is 0 Å². The maximum atomic E-state index is 10.6. The Labute approximate surface area is 140 Å². The Morgan fingerprint density at radius 2 is 1.61 bits per heavy atom. The van der Waals surface area contributed by atoms with E-state index in [2.05, 4.69) is 11.1 Å². The van der Waals surface area contributed by atoms with Crippen molar-refractivity contribution in [2.75, 3.05) is 7.11 Å². The second-order valence-corrected chi connectivity index (χ2v) is 5.77. The molecule has 0 saturated carbocycles. The van der Waals surface area contributed by atoms with E-state index in [9.17, 15) is 4.79 Å². The Hall–Kier alpha value is -2.00. The third-order valence-electron chi connectivity index (χ3n) is 2.87. The van der Waals surface area contributed by atoms with Gasteiger partial charge in [-0.2, -0.15) is 0 Å². The van der Waals surface area contributed by atoms with Crippen LogP contribution in [0.15, 0.2) is 42.6 Å². The highest BCUT2D eigenvalue weighted by atomic mass is 16.5. The first kappa shape index (κ1) is 21.0. The number of benzene rings is 1. The van der Waals surface area contributed by atoms with Crippen molar-refractivity contribution in [1.29, 1.82) is 0 Å². The van der Waals surface area contributed by atoms with Crippen LogP contribution in [0.5, 0.6) is 0 Å². The molecule has 1 aromatic carbocycles. The topological polar surface area (TPSA) is 39.2 Å². The summed E-state index contributed by atoms with van der Waals surface area (Å²) in [5.74, 6) is 0. The molecule has 0 unspecified atom stereocenters. The number of carbonyl (C=O) groups excluding carboxylic acids is 1. The molecule has 3 nitrogen and oxygen atoms in total. The summed E-state index contributed by atoms with van der Waals surface area (Å²) in [7, 11) is 1.71. The summed E-state index contributed by atoms with van der Waals surface area (Å²) >= 11 is 0. The molecule has 0 aliphatic rings. The number of hydrogen-bond acceptors (Lipinski definition) is 3. The molecular formula is C20H29NO2. The van der Waals surface area contributed by atoms with Gasteiger partial charge in [-0.15, -0.1) is 0 Å². The molecule has 2 rings (SSSR count). The number of aldehydes is 1. The smallest absolute Gasteiger partial charge is 0.168 e. The fraction of sp³-hybridized carbons (Fsp3) is 0.400. The number of aryl methyl sites for hydroxylation is 1. The summed E-state index contributed by atoms with van der Waals surface area (Å²) in [5, 5.41) is 0. The van der Waals surface area contributed by atoms with Crippen molar-refractivity contribution in [3.05, 3.63) is 53.9 Å². The van der Waals surface area contributed by atoms with Crippen molar-refractivity contribution < 1.29 is 9.53 Å². The maximum Gasteiger partial charge on any atom is 0.168 e. The minimum absolute atomic E-state index is 0.0417. The summed E-state index contributed by atoms with van der Waals surface area (Å²) in [6, 6.07) is 11.9. The van der Waals surface area contributed by atoms with Crippen molar-refractivity contribution in [2.45, 2.75) is 47.1 Å². The van der Waals surface area contributed by atoms with E-state index in [1.54, 1.807) is 19.4 Å². The van der Waals surface area contributed by atoms with Gasteiger partial charge in [0.1, 0.15) is 5.69 Å². The minimum Gasteiger partial charge on any atom is -0.379 e. The third-order valence-corrected chi connectivity index (χ3v) is 2.87. The van der Waals surface area contributed by atoms with Gasteiger partial charge in [0.15, 0.2) is 6.29 Å². The van der Waals surface area contributed by atoms with Crippen LogP contribution < -0.4 is 0 Å². The van der Waals surface area contributed by atoms with E-state index < -0.39 is 0 Å². The summed E-state index contributed by atoms with van der Waals surface area (Å²) in [6.07, 6.45) is 2.42. The van der Waals surface area contributed by atoms with E-state index in [4.69, 9.17) is 4.74 Å². The molecule has 2 aromatic rings. The molecule has 0 N–H and O–H groups in total. The van der Waals surface area contributed by atoms with Crippen molar-refractivity contribution in [3.8, 4) is 11.1 Å². The molecule has 0 amide bonds. The number of aromatic nitrogens is 1. The summed E-state index contributed by atoms with van der Waals surface area (Å²) in [4.78, 5) is 14.5. The molecule has 0 radical (unpaired) electrons. The molecule has 0 fully saturated rings. The van der Waals surface area contributed by atoms with Gasteiger partial charge in [0, 0.05) is 13.3 Å². The lowest BCUT2D eigenvalue weighted by molar-refractivity contribution is 0.0397. The molecule has 0 saturated heterocycles. The fourth-order valence-electron chi connectivity index (χ4n) is 1.52. The number of nitrogens with zero attached hydrogens (tertiary/aromatic N) is 1. The van der Waals surface area contributed by atoms with Crippen LogP contribution in [-0.4, -0.2) is 24.0 Å². The van der Waals surface area contributed by atoms with E-state index in [0.717, 1.165) is 17.4 Å². The van der Waals surface area contributed by atoms with Crippen LogP contribution in [0.3, 0.4) is 0 Å². The zero-order valence-electron chi connectivity index (χ0n) is 15.4. The van der Waals surface area contributed by atoms with E-state index in [1.165, 1.54) is 5.56 Å². The fourth-order valence-corrected chi connectivity index (χ4v) is 1.52. The van der Waals surface area contributed by atoms with Crippen molar-refractivity contribution in [3.63, 3.8) is 0 Å². The van der Waals surface area contributed by atoms with E-state index in [-0.39, 0.29) is 5.60 Å². The third kappa shape index (κ3) is 8.89. The summed E-state index contributed by atoms with van der Waals surface area (Å²) < 4.78 is 4.94. The normalized spacial score (nSPS) is 9.87. The number of hydrogen-bond donors (Lipinski definition) is 0. The molecule has 0 atom stereocenters. The van der Waals surface area contributed by atoms with Crippen LogP contribution in [-0.2, 0) is 4.74 Å². The van der Waals surface area contributed by atoms with Crippen molar-refractivity contribution in [1.82, 2.24) is 4.98 Å². The Morgan fingerprint density at radius 3 is 2.09 bits per heavy atom. The summed E-state index contributed by atoms with van der Waals surface area (Å²) in [6.45, 7) is 12.1. The Balaban J connectivity index is 0.000000515. The number of methoxy groups -OCH3 is 1. The molecule has 0 spiro atoms. The van der Waals surface area contributed by atoms with Crippen molar-refractivity contribution >= 4 is 6.29 Å². The van der Waals surface area contributed by atoms with Crippen LogP contribution in [0.4, 0.5) is 0 Å². The lowest BCUT2D eigenvalue weighted by atomic mass is 10.0. The largest absolute Gasteiger partial charge is 0.379 e. The first-order valence-electron chi connectivity index (χ1n) is 7.89. The highest BCUT2D eigenvalue weighted by Gasteiger charge is 2.04. The highest BCUT2D eigenvalue weighted by Crippen LogP contribution is 2.19. The molecule has 0 bridgehead atoms. The van der Waals surface area contributed by atoms with E-state index in [1.807, 2.05) is 65.8 Å². The van der Waals surface area contributed by atoms with Crippen LogP contribution in [0, 0.1) is 6.92 Å². The van der Waals surface area contributed by atoms with Crippen LogP contribution in [0.25, 0.3) is 11.1 Å². The van der Waals surface area contributed by atoms with Gasteiger partial charge in [-0.1, -0.05) is 43.7 Å². The second kappa shape index (κ2) is 10.7. The SMILES string of the molecule is CC.COC(C)(C)C.Cc1cccc(-c2ccnc(C=O)c2)c1. The molecule has 23 heavy (non-hydrogen) atoms. The number of carbonyl (C=O) groups is 1. The highest BCUT2D eigenvalue weighted by molar-refractivity contribution is 5.76. The Bertz CT molecular complexity index is 586. The lowest BCUT2D eigenvalue weighted by Crippen LogP contribution is -2.15. The van der Waals surface area contributed by atoms with Gasteiger partial charge < -0.3 is 4.74 Å². The Morgan fingerprint density at radius 1 is 1.04 bits per heavy atom. The zero-order valence-corrected chi connectivity index (χ0v) is 15.4. The number of rotatable bonds is 2. The van der Waals surface area contributed by atoms with Gasteiger partial charge >= 0.3 is 0 Å². The average Bonchev–Trinajstić information content (AvgIpc) is 2.57. The second-order valence-electron chi connectivity index (χ2n) is 5.77. The van der Waals surface area contributed by atoms with Gasteiger partial charge in [0.25, 0.3) is 0 Å². The van der Waals surface area contributed by atoms with E-state index in [0.29, 0.717) is 5.69 Å². The lowest BCUT2D eigenvalue weighted by Gasteiger charge is -2.14. The molecule has 126 valence electrons. The van der Waals surface area contributed by atoms with Gasteiger partial charge in [-0.3, -0.25) is 9.78 Å². The predicted octanol–water partition coefficient (Wildman–Crippen LogP) is 5.33. The Kier molecular flexibility index (Phi) is 9.75. The quantitative estimate of drug-likeness (QED) is 0.703. The van der Waals surface area contributed by atoms with Gasteiger partial charge in [-0.05, 0) is 51.0 Å². The molecule has 0 aliphatic heterocycles. The minimum atomic E-state index is 0.0417. The maximum absolute atomic E-state index is 10.6. The first-order chi connectivity index (χ1) is 10.9. The predicted molar refractivity (Wildman–Crippen MR) is 97.9 cm³/mol. The summed E-state index contributed by atoms with van der Waals surface area (Å²) in [5.41, 5.74) is 3.85. The monoisotopic (exact) mass is 315 g/mol. The molecule has 3 heteroatoms. The molecular weight excluding hydrogens is 286 g/mol. The zero-order chi connectivity index (χ0) is 17.9. The molecule has 1 aromatic heterocycles. The molecule has 1 heterocycles. The number of ether oxygens (including phenoxy) is 1. The first-order valence-corrected chi connectivity index (χ1v) is 7.89. The van der Waals surface area contributed by atoms with Gasteiger partial charge in [0.05, 0.1) is 5.60 Å². The standard InChI is InChI=1S/C13H11NO.C5H12O.C2H6/c1-10-3-2-4-11(7-10)12-5-6-14-13(8-12)9-15;1-5(2,3)6-4;1-2/h2-9H,1H3;1-4H3;1-2H3.